The molecule has 0 heterocycles. The number of benzene rings is 1. The van der Waals surface area contributed by atoms with Gasteiger partial charge in [-0.15, -0.1) is 0 Å². The fraction of sp³-hybridized carbons (Fsp3) is 0. The molecule has 0 aliphatic rings. The molecule has 1 aromatic rings. The largest absolute Gasteiger partial charge is 0.183 e. The van der Waals surface area contributed by atoms with Gasteiger partial charge in [0, 0.05) is 11.5 Å². The zero-order chi connectivity index (χ0) is 8.81. The molecule has 0 saturated carbocycles. The van der Waals surface area contributed by atoms with Gasteiger partial charge in [0.1, 0.15) is 0 Å². The summed E-state index contributed by atoms with van der Waals surface area (Å²) in [6, 6.07) is 9.31. The Bertz CT molecular complexity index is 368. The van der Waals surface area contributed by atoms with Crippen LogP contribution in [0.25, 0.3) is 6.08 Å². The lowest BCUT2D eigenvalue weighted by atomic mass is 10.1. The van der Waals surface area contributed by atoms with E-state index in [0.717, 1.165) is 11.1 Å². The minimum absolute atomic E-state index is 0.849. The molecule has 56 valence electrons. The lowest BCUT2D eigenvalue weighted by molar-refractivity contribution is 1.54. The molecular weight excluding hydrogens is 146 g/mol. The minimum Gasteiger partial charge on any atom is -0.183 e. The van der Waals surface area contributed by atoms with E-state index in [-0.39, 0.29) is 0 Å². The van der Waals surface area contributed by atoms with Crippen molar-refractivity contribution >= 4 is 6.08 Å². The van der Waals surface area contributed by atoms with E-state index in [4.69, 9.17) is 5.26 Å². The van der Waals surface area contributed by atoms with Crippen LogP contribution in [0.2, 0.25) is 0 Å². The lowest BCUT2D eigenvalue weighted by Gasteiger charge is -1.91. The van der Waals surface area contributed by atoms with E-state index in [1.54, 1.807) is 12.1 Å². The Morgan fingerprint density at radius 1 is 1.25 bits per heavy atom. The molecule has 0 radical (unpaired) electrons. The van der Waals surface area contributed by atoms with Gasteiger partial charge in [-0.3, -0.25) is 0 Å². The number of nitriles is 1. The molecule has 0 unspecified atom stereocenters. The number of nitrogens with zero attached hydrogens (tertiary/aromatic N) is 1. The van der Waals surface area contributed by atoms with Crippen LogP contribution >= 0.6 is 0 Å². The van der Waals surface area contributed by atoms with Crippen LogP contribution in [0.5, 0.6) is 0 Å². The molecule has 0 spiro atoms. The SMILES string of the molecule is C=Cc1ccc(C#CC#N)cc1. The van der Waals surface area contributed by atoms with Gasteiger partial charge >= 0.3 is 0 Å². The molecule has 12 heavy (non-hydrogen) atoms. The third-order valence-corrected chi connectivity index (χ3v) is 1.41. The molecule has 0 amide bonds. The van der Waals surface area contributed by atoms with Gasteiger partial charge in [-0.05, 0) is 17.7 Å². The fourth-order valence-electron chi connectivity index (χ4n) is 0.803. The van der Waals surface area contributed by atoms with Crippen molar-refractivity contribution in [3.8, 4) is 17.9 Å². The normalized spacial score (nSPS) is 7.58. The Labute approximate surface area is 72.0 Å². The molecule has 1 nitrogen and oxygen atoms in total. The smallest absolute Gasteiger partial charge is 0.152 e. The van der Waals surface area contributed by atoms with Crippen molar-refractivity contribution in [2.24, 2.45) is 0 Å². The standard InChI is InChI=1S/C11H7N/c1-2-10-5-7-11(8-6-10)4-3-9-12/h2,5-8H,1H2. The molecule has 1 aromatic carbocycles. The second-order valence-corrected chi connectivity index (χ2v) is 2.19. The van der Waals surface area contributed by atoms with Gasteiger partial charge in [-0.25, -0.2) is 0 Å². The minimum atomic E-state index is 0.849. The van der Waals surface area contributed by atoms with Crippen LogP contribution in [0.3, 0.4) is 0 Å². The molecule has 0 saturated heterocycles. The molecule has 0 aliphatic carbocycles. The molecule has 0 aliphatic heterocycles. The second-order valence-electron chi connectivity index (χ2n) is 2.19. The summed E-state index contributed by atoms with van der Waals surface area (Å²) >= 11 is 0. The Balaban J connectivity index is 2.94. The highest BCUT2D eigenvalue weighted by Gasteiger charge is 1.85. The monoisotopic (exact) mass is 153 g/mol. The van der Waals surface area contributed by atoms with Crippen LogP contribution in [0.15, 0.2) is 30.8 Å². The predicted molar refractivity (Wildman–Crippen MR) is 49.0 cm³/mol. The van der Waals surface area contributed by atoms with E-state index in [1.165, 1.54) is 0 Å². The van der Waals surface area contributed by atoms with Crippen LogP contribution in [0.1, 0.15) is 11.1 Å². The Morgan fingerprint density at radius 2 is 1.92 bits per heavy atom. The zero-order valence-electron chi connectivity index (χ0n) is 6.54. The van der Waals surface area contributed by atoms with Crippen LogP contribution in [0.4, 0.5) is 0 Å². The molecule has 0 fully saturated rings. The Morgan fingerprint density at radius 3 is 2.42 bits per heavy atom. The summed E-state index contributed by atoms with van der Waals surface area (Å²) in [5.74, 6) is 5.03. The van der Waals surface area contributed by atoms with Crippen molar-refractivity contribution in [2.75, 3.05) is 0 Å². The maximum Gasteiger partial charge on any atom is 0.152 e. The Hall–Kier alpha value is -1.99. The summed E-state index contributed by atoms with van der Waals surface area (Å²) in [5, 5.41) is 8.19. The first-order valence-corrected chi connectivity index (χ1v) is 3.49. The van der Waals surface area contributed by atoms with Crippen molar-refractivity contribution < 1.29 is 0 Å². The van der Waals surface area contributed by atoms with E-state index in [2.05, 4.69) is 18.4 Å². The number of hydrogen-bond donors (Lipinski definition) is 0. The topological polar surface area (TPSA) is 23.8 Å². The van der Waals surface area contributed by atoms with Gasteiger partial charge in [0.05, 0.1) is 0 Å². The summed E-state index contributed by atoms with van der Waals surface area (Å²) in [5.41, 5.74) is 1.90. The third-order valence-electron chi connectivity index (χ3n) is 1.41. The molecule has 0 bridgehead atoms. The van der Waals surface area contributed by atoms with Crippen LogP contribution < -0.4 is 0 Å². The van der Waals surface area contributed by atoms with Gasteiger partial charge in [0.25, 0.3) is 0 Å². The van der Waals surface area contributed by atoms with Crippen LogP contribution in [-0.2, 0) is 0 Å². The molecule has 0 atom stereocenters. The van der Waals surface area contributed by atoms with E-state index in [1.807, 2.05) is 24.3 Å². The van der Waals surface area contributed by atoms with Crippen molar-refractivity contribution in [1.29, 1.82) is 5.26 Å². The first kappa shape index (κ1) is 8.11. The molecule has 1 heteroatoms. The average molecular weight is 153 g/mol. The summed E-state index contributed by atoms with van der Waals surface area (Å²) in [4.78, 5) is 0. The predicted octanol–water partition coefficient (Wildman–Crippen LogP) is 2.20. The summed E-state index contributed by atoms with van der Waals surface area (Å²) < 4.78 is 0. The Kier molecular flexibility index (Phi) is 2.71. The van der Waals surface area contributed by atoms with Gasteiger partial charge < -0.3 is 0 Å². The van der Waals surface area contributed by atoms with E-state index in [0.29, 0.717) is 0 Å². The summed E-state index contributed by atoms with van der Waals surface area (Å²) in [6.07, 6.45) is 1.77. The molecule has 1 rings (SSSR count). The highest BCUT2D eigenvalue weighted by molar-refractivity contribution is 5.49. The zero-order valence-corrected chi connectivity index (χ0v) is 6.54. The van der Waals surface area contributed by atoms with Gasteiger partial charge in [0.15, 0.2) is 6.07 Å². The second kappa shape index (κ2) is 4.01. The maximum absolute atomic E-state index is 8.19. The van der Waals surface area contributed by atoms with E-state index < -0.39 is 0 Å². The summed E-state index contributed by atoms with van der Waals surface area (Å²) in [7, 11) is 0. The van der Waals surface area contributed by atoms with Crippen molar-refractivity contribution in [3.05, 3.63) is 42.0 Å². The van der Waals surface area contributed by atoms with E-state index >= 15 is 0 Å². The van der Waals surface area contributed by atoms with Gasteiger partial charge in [-0.1, -0.05) is 30.7 Å². The van der Waals surface area contributed by atoms with Crippen molar-refractivity contribution in [1.82, 2.24) is 0 Å². The fourth-order valence-corrected chi connectivity index (χ4v) is 0.803. The number of rotatable bonds is 1. The highest BCUT2D eigenvalue weighted by atomic mass is 14.2. The van der Waals surface area contributed by atoms with Crippen LogP contribution in [-0.4, -0.2) is 0 Å². The lowest BCUT2D eigenvalue weighted by Crippen LogP contribution is -1.74. The van der Waals surface area contributed by atoms with Crippen molar-refractivity contribution in [3.63, 3.8) is 0 Å². The van der Waals surface area contributed by atoms with Gasteiger partial charge in [0.2, 0.25) is 0 Å². The molecule has 0 N–H and O–H groups in total. The number of hydrogen-bond acceptors (Lipinski definition) is 1. The van der Waals surface area contributed by atoms with Crippen molar-refractivity contribution in [2.45, 2.75) is 0 Å². The first-order valence-electron chi connectivity index (χ1n) is 3.49. The van der Waals surface area contributed by atoms with Gasteiger partial charge in [-0.2, -0.15) is 5.26 Å². The highest BCUT2D eigenvalue weighted by Crippen LogP contribution is 2.03. The maximum atomic E-state index is 8.19. The van der Waals surface area contributed by atoms with Crippen LogP contribution in [0, 0.1) is 23.2 Å². The summed E-state index contributed by atoms with van der Waals surface area (Å²) in [6.45, 7) is 3.63. The third kappa shape index (κ3) is 2.01. The molecule has 0 aromatic heterocycles. The quantitative estimate of drug-likeness (QED) is 0.567. The average Bonchev–Trinajstić information content (AvgIpc) is 2.15. The molecular formula is C11H7N. The first-order chi connectivity index (χ1) is 5.86. The van der Waals surface area contributed by atoms with E-state index in [9.17, 15) is 0 Å².